The molecule has 2 N–H and O–H groups in total. The second-order valence-corrected chi connectivity index (χ2v) is 4.95. The summed E-state index contributed by atoms with van der Waals surface area (Å²) in [5.41, 5.74) is 5.74. The molecule has 2 heterocycles. The van der Waals surface area contributed by atoms with Crippen LogP contribution in [0.4, 0.5) is 0 Å². The van der Waals surface area contributed by atoms with E-state index in [0.717, 1.165) is 31.6 Å². The number of nitrogens with zero attached hydrogens (tertiary/aromatic N) is 1. The quantitative estimate of drug-likeness (QED) is 0.668. The second kappa shape index (κ2) is 3.88. The van der Waals surface area contributed by atoms with E-state index >= 15 is 0 Å². The normalized spacial score (nSPS) is 35.5. The average molecular weight is 200 g/mol. The summed E-state index contributed by atoms with van der Waals surface area (Å²) >= 11 is 1.94. The lowest BCUT2D eigenvalue weighted by Crippen LogP contribution is -2.52. The number of thioether (sulfide) groups is 1. The van der Waals surface area contributed by atoms with E-state index < -0.39 is 0 Å². The first-order valence-electron chi connectivity index (χ1n) is 4.93. The summed E-state index contributed by atoms with van der Waals surface area (Å²) < 4.78 is 0. The van der Waals surface area contributed by atoms with Gasteiger partial charge in [-0.3, -0.25) is 4.79 Å². The Hall–Kier alpha value is -0.220. The molecule has 0 aromatic rings. The molecule has 13 heavy (non-hydrogen) atoms. The minimum atomic E-state index is -0.223. The molecule has 2 saturated heterocycles. The van der Waals surface area contributed by atoms with Crippen LogP contribution in [0.3, 0.4) is 0 Å². The largest absolute Gasteiger partial charge is 0.338 e. The Morgan fingerprint density at radius 3 is 3.00 bits per heavy atom. The van der Waals surface area contributed by atoms with E-state index in [1.165, 1.54) is 5.75 Å². The van der Waals surface area contributed by atoms with Crippen LogP contribution in [0.1, 0.15) is 19.3 Å². The zero-order valence-corrected chi connectivity index (χ0v) is 8.55. The van der Waals surface area contributed by atoms with Gasteiger partial charge in [0, 0.05) is 18.3 Å². The van der Waals surface area contributed by atoms with Gasteiger partial charge in [-0.1, -0.05) is 0 Å². The smallest absolute Gasteiger partial charge is 0.239 e. The topological polar surface area (TPSA) is 46.3 Å². The van der Waals surface area contributed by atoms with Crippen molar-refractivity contribution in [3.05, 3.63) is 0 Å². The summed E-state index contributed by atoms with van der Waals surface area (Å²) in [7, 11) is 0. The Morgan fingerprint density at radius 2 is 2.31 bits per heavy atom. The van der Waals surface area contributed by atoms with Crippen molar-refractivity contribution in [1.82, 2.24) is 4.90 Å². The third-order valence-electron chi connectivity index (χ3n) is 2.86. The first-order chi connectivity index (χ1) is 6.29. The van der Waals surface area contributed by atoms with Crippen LogP contribution in [0, 0.1) is 0 Å². The zero-order valence-electron chi connectivity index (χ0n) is 7.74. The lowest BCUT2D eigenvalue weighted by atomic mass is 10.0. The van der Waals surface area contributed by atoms with E-state index in [1.54, 1.807) is 0 Å². The van der Waals surface area contributed by atoms with Crippen molar-refractivity contribution < 1.29 is 4.79 Å². The molecule has 0 radical (unpaired) electrons. The maximum atomic E-state index is 11.7. The van der Waals surface area contributed by atoms with E-state index in [1.807, 2.05) is 16.7 Å². The number of rotatable bonds is 1. The Bertz CT molecular complexity index is 204. The van der Waals surface area contributed by atoms with Crippen molar-refractivity contribution in [2.24, 2.45) is 5.73 Å². The molecule has 2 atom stereocenters. The SMILES string of the molecule is NC1CCCN(C2CCSC2)C1=O. The molecule has 2 fully saturated rings. The molecular weight excluding hydrogens is 184 g/mol. The number of piperidine rings is 1. The highest BCUT2D eigenvalue weighted by Gasteiger charge is 2.32. The van der Waals surface area contributed by atoms with E-state index in [4.69, 9.17) is 5.73 Å². The summed E-state index contributed by atoms with van der Waals surface area (Å²) in [4.78, 5) is 13.7. The number of nitrogens with two attached hydrogens (primary N) is 1. The highest BCUT2D eigenvalue weighted by atomic mass is 32.2. The summed E-state index contributed by atoms with van der Waals surface area (Å²) in [6, 6.07) is 0.253. The van der Waals surface area contributed by atoms with Crippen molar-refractivity contribution in [2.75, 3.05) is 18.1 Å². The van der Waals surface area contributed by atoms with Gasteiger partial charge in [0.05, 0.1) is 6.04 Å². The van der Waals surface area contributed by atoms with Gasteiger partial charge in [0.15, 0.2) is 0 Å². The molecule has 2 rings (SSSR count). The Labute approximate surface area is 83.0 Å². The lowest BCUT2D eigenvalue weighted by molar-refractivity contribution is -0.136. The summed E-state index contributed by atoms with van der Waals surface area (Å²) in [5, 5.41) is 0. The molecule has 2 aliphatic rings. The molecular formula is C9H16N2OS. The predicted octanol–water partition coefficient (Wildman–Crippen LogP) is 0.442. The third-order valence-corrected chi connectivity index (χ3v) is 4.01. The van der Waals surface area contributed by atoms with Gasteiger partial charge in [0.1, 0.15) is 0 Å². The van der Waals surface area contributed by atoms with Crippen LogP contribution in [0.15, 0.2) is 0 Å². The fourth-order valence-corrected chi connectivity index (χ4v) is 3.28. The monoisotopic (exact) mass is 200 g/mol. The molecule has 1 amide bonds. The van der Waals surface area contributed by atoms with Crippen molar-refractivity contribution in [2.45, 2.75) is 31.3 Å². The third kappa shape index (κ3) is 1.83. The van der Waals surface area contributed by atoms with Gasteiger partial charge in [-0.05, 0) is 25.0 Å². The first-order valence-corrected chi connectivity index (χ1v) is 6.08. The molecule has 0 aromatic heterocycles. The van der Waals surface area contributed by atoms with Gasteiger partial charge in [0.2, 0.25) is 5.91 Å². The second-order valence-electron chi connectivity index (χ2n) is 3.80. The lowest BCUT2D eigenvalue weighted by Gasteiger charge is -2.34. The Balaban J connectivity index is 2.00. The maximum Gasteiger partial charge on any atom is 0.239 e. The van der Waals surface area contributed by atoms with Gasteiger partial charge >= 0.3 is 0 Å². The zero-order chi connectivity index (χ0) is 9.26. The Morgan fingerprint density at radius 1 is 1.46 bits per heavy atom. The highest BCUT2D eigenvalue weighted by molar-refractivity contribution is 7.99. The highest BCUT2D eigenvalue weighted by Crippen LogP contribution is 2.25. The van der Waals surface area contributed by atoms with Crippen molar-refractivity contribution in [3.63, 3.8) is 0 Å². The van der Waals surface area contributed by atoms with E-state index in [9.17, 15) is 4.79 Å². The number of carbonyl (C=O) groups is 1. The molecule has 0 spiro atoms. The molecule has 0 saturated carbocycles. The van der Waals surface area contributed by atoms with E-state index in [-0.39, 0.29) is 11.9 Å². The molecule has 74 valence electrons. The minimum absolute atomic E-state index is 0.179. The number of amides is 1. The first kappa shape index (κ1) is 9.34. The number of hydrogen-bond acceptors (Lipinski definition) is 3. The van der Waals surface area contributed by atoms with Crippen LogP contribution in [-0.4, -0.2) is 40.9 Å². The Kier molecular flexibility index (Phi) is 2.79. The van der Waals surface area contributed by atoms with Crippen molar-refractivity contribution >= 4 is 17.7 Å². The van der Waals surface area contributed by atoms with Gasteiger partial charge in [0.25, 0.3) is 0 Å². The minimum Gasteiger partial charge on any atom is -0.338 e. The van der Waals surface area contributed by atoms with Crippen molar-refractivity contribution in [3.8, 4) is 0 Å². The molecule has 2 unspecified atom stereocenters. The molecule has 0 aromatic carbocycles. The van der Waals surface area contributed by atoms with Crippen LogP contribution in [0.5, 0.6) is 0 Å². The number of carbonyl (C=O) groups excluding carboxylic acids is 1. The summed E-state index contributed by atoms with van der Waals surface area (Å²) in [6.45, 7) is 0.928. The standard InChI is InChI=1S/C9H16N2OS/c10-8-2-1-4-11(9(8)12)7-3-5-13-6-7/h7-8H,1-6,10H2. The van der Waals surface area contributed by atoms with Gasteiger partial charge < -0.3 is 10.6 Å². The number of hydrogen-bond donors (Lipinski definition) is 1. The van der Waals surface area contributed by atoms with E-state index in [2.05, 4.69) is 0 Å². The molecule has 2 aliphatic heterocycles. The van der Waals surface area contributed by atoms with Gasteiger partial charge in [-0.25, -0.2) is 0 Å². The summed E-state index contributed by atoms with van der Waals surface area (Å²) in [5.74, 6) is 2.49. The fraction of sp³-hybridized carbons (Fsp3) is 0.889. The molecule has 0 bridgehead atoms. The van der Waals surface area contributed by atoms with Crippen LogP contribution in [0.25, 0.3) is 0 Å². The molecule has 4 heteroatoms. The maximum absolute atomic E-state index is 11.7. The fourth-order valence-electron chi connectivity index (χ4n) is 2.06. The van der Waals surface area contributed by atoms with E-state index in [0.29, 0.717) is 6.04 Å². The van der Waals surface area contributed by atoms with Crippen LogP contribution < -0.4 is 5.73 Å². The van der Waals surface area contributed by atoms with Crippen LogP contribution in [-0.2, 0) is 4.79 Å². The number of likely N-dealkylation sites (tertiary alicyclic amines) is 1. The molecule has 0 aliphatic carbocycles. The van der Waals surface area contributed by atoms with Crippen LogP contribution in [0.2, 0.25) is 0 Å². The average Bonchev–Trinajstić information content (AvgIpc) is 2.62. The van der Waals surface area contributed by atoms with Crippen LogP contribution >= 0.6 is 11.8 Å². The van der Waals surface area contributed by atoms with Crippen molar-refractivity contribution in [1.29, 1.82) is 0 Å². The predicted molar refractivity (Wildman–Crippen MR) is 54.7 cm³/mol. The molecule has 3 nitrogen and oxygen atoms in total. The van der Waals surface area contributed by atoms with Gasteiger partial charge in [-0.2, -0.15) is 11.8 Å². The van der Waals surface area contributed by atoms with Gasteiger partial charge in [-0.15, -0.1) is 0 Å². The summed E-state index contributed by atoms with van der Waals surface area (Å²) in [6.07, 6.45) is 3.10.